The number of benzene rings is 1. The Kier molecular flexibility index (Phi) is 3.98. The Morgan fingerprint density at radius 1 is 1.30 bits per heavy atom. The Morgan fingerprint density at radius 2 is 1.95 bits per heavy atom. The molecule has 0 unspecified atom stereocenters. The van der Waals surface area contributed by atoms with Crippen LogP contribution in [0.5, 0.6) is 11.6 Å². The van der Waals surface area contributed by atoms with Crippen LogP contribution >= 0.6 is 0 Å². The molecule has 1 N–H and O–H groups in total. The molecule has 4 nitrogen and oxygen atoms in total. The lowest BCUT2D eigenvalue weighted by atomic mass is 10.0. The Balaban J connectivity index is 2.28. The van der Waals surface area contributed by atoms with E-state index in [0.29, 0.717) is 11.7 Å². The molecular formula is C15H14FNO3. The molecule has 1 aromatic carbocycles. The predicted molar refractivity (Wildman–Crippen MR) is 71.8 cm³/mol. The van der Waals surface area contributed by atoms with E-state index in [9.17, 15) is 9.18 Å². The lowest BCUT2D eigenvalue weighted by Gasteiger charge is -2.09. The average molecular weight is 275 g/mol. The van der Waals surface area contributed by atoms with E-state index >= 15 is 0 Å². The van der Waals surface area contributed by atoms with Crippen molar-refractivity contribution < 1.29 is 19.0 Å². The summed E-state index contributed by atoms with van der Waals surface area (Å²) in [5.41, 5.74) is 0.834. The zero-order valence-corrected chi connectivity index (χ0v) is 11.1. The molecule has 0 radical (unpaired) electrons. The maximum Gasteiger partial charge on any atom is 0.341 e. The van der Waals surface area contributed by atoms with Crippen molar-refractivity contribution in [2.75, 3.05) is 0 Å². The normalized spacial score (nSPS) is 10.6. The standard InChI is InChI=1S/C15H14FNO3/c1-9(2)10-3-5-12(6-4-10)20-14-13(15(18)19)7-11(16)8-17-14/h3-9H,1-2H3,(H,18,19). The molecule has 104 valence electrons. The van der Waals surface area contributed by atoms with Crippen molar-refractivity contribution in [2.45, 2.75) is 19.8 Å². The number of carbonyl (C=O) groups is 1. The van der Waals surface area contributed by atoms with Gasteiger partial charge < -0.3 is 9.84 Å². The van der Waals surface area contributed by atoms with Crippen LogP contribution in [0.1, 0.15) is 35.7 Å². The number of nitrogens with zero attached hydrogens (tertiary/aromatic N) is 1. The monoisotopic (exact) mass is 275 g/mol. The smallest absolute Gasteiger partial charge is 0.341 e. The van der Waals surface area contributed by atoms with Gasteiger partial charge in [0.25, 0.3) is 0 Å². The van der Waals surface area contributed by atoms with Gasteiger partial charge in [-0.1, -0.05) is 26.0 Å². The first-order valence-electron chi connectivity index (χ1n) is 6.14. The Morgan fingerprint density at radius 3 is 2.50 bits per heavy atom. The molecule has 0 atom stereocenters. The van der Waals surface area contributed by atoms with Gasteiger partial charge in [-0.3, -0.25) is 0 Å². The molecule has 2 rings (SSSR count). The van der Waals surface area contributed by atoms with Gasteiger partial charge in [0, 0.05) is 0 Å². The number of pyridine rings is 1. The van der Waals surface area contributed by atoms with Crippen molar-refractivity contribution in [3.8, 4) is 11.6 Å². The molecule has 2 aromatic rings. The highest BCUT2D eigenvalue weighted by Gasteiger charge is 2.15. The highest BCUT2D eigenvalue weighted by atomic mass is 19.1. The van der Waals surface area contributed by atoms with Crippen LogP contribution in [-0.2, 0) is 0 Å². The van der Waals surface area contributed by atoms with E-state index in [4.69, 9.17) is 9.84 Å². The maximum absolute atomic E-state index is 13.0. The molecule has 0 aliphatic carbocycles. The van der Waals surface area contributed by atoms with Gasteiger partial charge in [0.2, 0.25) is 5.88 Å². The lowest BCUT2D eigenvalue weighted by Crippen LogP contribution is -2.03. The van der Waals surface area contributed by atoms with E-state index in [1.54, 1.807) is 12.1 Å². The van der Waals surface area contributed by atoms with Crippen molar-refractivity contribution in [2.24, 2.45) is 0 Å². The van der Waals surface area contributed by atoms with Crippen molar-refractivity contribution >= 4 is 5.97 Å². The second-order valence-corrected chi connectivity index (χ2v) is 4.64. The van der Waals surface area contributed by atoms with Crippen molar-refractivity contribution in [3.63, 3.8) is 0 Å². The summed E-state index contributed by atoms with van der Waals surface area (Å²) in [6.45, 7) is 4.14. The SMILES string of the molecule is CC(C)c1ccc(Oc2ncc(F)cc2C(=O)O)cc1. The van der Waals surface area contributed by atoms with Crippen LogP contribution in [0.15, 0.2) is 36.5 Å². The number of ether oxygens (including phenoxy) is 1. The molecule has 0 saturated carbocycles. The zero-order valence-electron chi connectivity index (χ0n) is 11.1. The highest BCUT2D eigenvalue weighted by Crippen LogP contribution is 2.25. The number of aromatic carboxylic acids is 1. The van der Waals surface area contributed by atoms with E-state index in [0.717, 1.165) is 17.8 Å². The quantitative estimate of drug-likeness (QED) is 0.921. The number of hydrogen-bond acceptors (Lipinski definition) is 3. The number of carboxylic acid groups (broad SMARTS) is 1. The summed E-state index contributed by atoms with van der Waals surface area (Å²) >= 11 is 0. The molecule has 5 heteroatoms. The fraction of sp³-hybridized carbons (Fsp3) is 0.200. The summed E-state index contributed by atoms with van der Waals surface area (Å²) in [6.07, 6.45) is 0.921. The molecule has 1 heterocycles. The second-order valence-electron chi connectivity index (χ2n) is 4.64. The summed E-state index contributed by atoms with van der Waals surface area (Å²) in [4.78, 5) is 14.7. The first-order valence-corrected chi connectivity index (χ1v) is 6.14. The minimum atomic E-state index is -1.29. The average Bonchev–Trinajstić information content (AvgIpc) is 2.41. The summed E-state index contributed by atoms with van der Waals surface area (Å²) < 4.78 is 18.4. The van der Waals surface area contributed by atoms with Gasteiger partial charge in [-0.2, -0.15) is 0 Å². The molecule has 0 saturated heterocycles. The largest absolute Gasteiger partial charge is 0.477 e. The number of hydrogen-bond donors (Lipinski definition) is 1. The van der Waals surface area contributed by atoms with Gasteiger partial charge in [-0.25, -0.2) is 14.2 Å². The van der Waals surface area contributed by atoms with Crippen LogP contribution in [-0.4, -0.2) is 16.1 Å². The summed E-state index contributed by atoms with van der Waals surface area (Å²) in [7, 11) is 0. The number of halogens is 1. The van der Waals surface area contributed by atoms with Gasteiger partial charge in [-0.05, 0) is 29.7 Å². The molecule has 0 aliphatic rings. The highest BCUT2D eigenvalue weighted by molar-refractivity contribution is 5.90. The summed E-state index contributed by atoms with van der Waals surface area (Å²) in [6, 6.07) is 8.12. The molecule has 1 aromatic heterocycles. The summed E-state index contributed by atoms with van der Waals surface area (Å²) in [5.74, 6) is -1.29. The van der Waals surface area contributed by atoms with Gasteiger partial charge in [0.1, 0.15) is 17.1 Å². The van der Waals surface area contributed by atoms with Crippen LogP contribution in [0.2, 0.25) is 0 Å². The zero-order chi connectivity index (χ0) is 14.7. The van der Waals surface area contributed by atoms with Gasteiger partial charge in [0.15, 0.2) is 0 Å². The van der Waals surface area contributed by atoms with Crippen molar-refractivity contribution in [1.82, 2.24) is 4.98 Å². The van der Waals surface area contributed by atoms with Gasteiger partial charge in [0.05, 0.1) is 6.20 Å². The maximum atomic E-state index is 13.0. The first-order chi connectivity index (χ1) is 9.47. The Bertz CT molecular complexity index is 624. The topological polar surface area (TPSA) is 59.4 Å². The molecular weight excluding hydrogens is 261 g/mol. The Labute approximate surface area is 115 Å². The number of rotatable bonds is 4. The van der Waals surface area contributed by atoms with Crippen LogP contribution in [0.3, 0.4) is 0 Å². The van der Waals surface area contributed by atoms with Crippen molar-refractivity contribution in [1.29, 1.82) is 0 Å². The lowest BCUT2D eigenvalue weighted by molar-refractivity contribution is 0.0692. The predicted octanol–water partition coefficient (Wildman–Crippen LogP) is 3.83. The minimum Gasteiger partial charge on any atom is -0.477 e. The van der Waals surface area contributed by atoms with Crippen LogP contribution in [0.4, 0.5) is 4.39 Å². The molecule has 0 fully saturated rings. The fourth-order valence-corrected chi connectivity index (χ4v) is 1.69. The van der Waals surface area contributed by atoms with Gasteiger partial charge >= 0.3 is 5.97 Å². The third-order valence-electron chi connectivity index (χ3n) is 2.81. The third-order valence-corrected chi connectivity index (χ3v) is 2.81. The fourth-order valence-electron chi connectivity index (χ4n) is 1.69. The first kappa shape index (κ1) is 14.0. The third kappa shape index (κ3) is 3.12. The van der Waals surface area contributed by atoms with Crippen molar-refractivity contribution in [3.05, 3.63) is 53.5 Å². The number of aromatic nitrogens is 1. The number of carboxylic acids is 1. The van der Waals surface area contributed by atoms with Gasteiger partial charge in [-0.15, -0.1) is 0 Å². The molecule has 0 bridgehead atoms. The molecule has 0 aliphatic heterocycles. The molecule has 0 amide bonds. The second kappa shape index (κ2) is 5.69. The van der Waals surface area contributed by atoms with Crippen LogP contribution in [0, 0.1) is 5.82 Å². The Hall–Kier alpha value is -2.43. The van der Waals surface area contributed by atoms with Crippen LogP contribution in [0.25, 0.3) is 0 Å². The van der Waals surface area contributed by atoms with E-state index in [1.807, 2.05) is 12.1 Å². The van der Waals surface area contributed by atoms with Crippen LogP contribution < -0.4 is 4.74 Å². The molecule has 0 spiro atoms. The van der Waals surface area contributed by atoms with E-state index in [1.165, 1.54) is 0 Å². The molecule has 20 heavy (non-hydrogen) atoms. The summed E-state index contributed by atoms with van der Waals surface area (Å²) in [5, 5.41) is 9.00. The van der Waals surface area contributed by atoms with E-state index < -0.39 is 11.8 Å². The van der Waals surface area contributed by atoms with E-state index in [-0.39, 0.29) is 11.4 Å². The van der Waals surface area contributed by atoms with E-state index in [2.05, 4.69) is 18.8 Å². The minimum absolute atomic E-state index is 0.129.